The fourth-order valence-electron chi connectivity index (χ4n) is 3.49. The number of halogens is 5. The molecule has 0 bridgehead atoms. The normalized spacial score (nSPS) is 16.0. The highest BCUT2D eigenvalue weighted by Gasteiger charge is 2.31. The zero-order valence-corrected chi connectivity index (χ0v) is 15.3. The van der Waals surface area contributed by atoms with E-state index in [0.717, 1.165) is 12.1 Å². The van der Waals surface area contributed by atoms with Crippen molar-refractivity contribution in [2.75, 3.05) is 11.9 Å². The first kappa shape index (κ1) is 19.2. The van der Waals surface area contributed by atoms with Gasteiger partial charge < -0.3 is 10.1 Å². The van der Waals surface area contributed by atoms with Gasteiger partial charge in [0.25, 0.3) is 0 Å². The summed E-state index contributed by atoms with van der Waals surface area (Å²) in [5.41, 5.74) is 1.57. The summed E-state index contributed by atoms with van der Waals surface area (Å²) in [5.74, 6) is -0.854. The summed E-state index contributed by atoms with van der Waals surface area (Å²) in [6, 6.07) is 11.7. The number of alkyl halides is 3. The van der Waals surface area contributed by atoms with Crippen LogP contribution in [0.15, 0.2) is 54.6 Å². The second kappa shape index (κ2) is 7.06. The molecule has 1 atom stereocenters. The molecule has 1 heterocycles. The van der Waals surface area contributed by atoms with E-state index < -0.39 is 29.4 Å². The van der Waals surface area contributed by atoms with Crippen LogP contribution >= 0.6 is 0 Å². The Kier molecular flexibility index (Phi) is 4.68. The van der Waals surface area contributed by atoms with Crippen LogP contribution < -0.4 is 10.1 Å². The molecule has 1 aliphatic heterocycles. The Morgan fingerprint density at radius 2 is 1.69 bits per heavy atom. The van der Waals surface area contributed by atoms with Crippen molar-refractivity contribution in [2.24, 2.45) is 0 Å². The molecule has 0 saturated heterocycles. The van der Waals surface area contributed by atoms with Crippen molar-refractivity contribution >= 4 is 5.69 Å². The summed E-state index contributed by atoms with van der Waals surface area (Å²) in [6.45, 7) is 1.63. The third-order valence-electron chi connectivity index (χ3n) is 4.93. The van der Waals surface area contributed by atoms with Crippen LogP contribution in [0.25, 0.3) is 11.1 Å². The first-order chi connectivity index (χ1) is 13.7. The van der Waals surface area contributed by atoms with E-state index in [1.54, 1.807) is 25.1 Å². The lowest BCUT2D eigenvalue weighted by molar-refractivity contribution is -0.137. The lowest BCUT2D eigenvalue weighted by Gasteiger charge is -2.28. The summed E-state index contributed by atoms with van der Waals surface area (Å²) in [5, 5.41) is 3.06. The van der Waals surface area contributed by atoms with Gasteiger partial charge in [-0.05, 0) is 60.0 Å². The van der Waals surface area contributed by atoms with Crippen molar-refractivity contribution in [3.05, 3.63) is 82.9 Å². The summed E-state index contributed by atoms with van der Waals surface area (Å²) in [7, 11) is 0. The quantitative estimate of drug-likeness (QED) is 0.491. The zero-order chi connectivity index (χ0) is 20.8. The number of aryl methyl sites for hydroxylation is 1. The molecule has 1 N–H and O–H groups in total. The predicted octanol–water partition coefficient (Wildman–Crippen LogP) is 6.50. The van der Waals surface area contributed by atoms with Crippen molar-refractivity contribution in [3.63, 3.8) is 0 Å². The van der Waals surface area contributed by atoms with Crippen LogP contribution in [0.2, 0.25) is 0 Å². The monoisotopic (exact) mass is 405 g/mol. The summed E-state index contributed by atoms with van der Waals surface area (Å²) >= 11 is 0. The highest BCUT2D eigenvalue weighted by molar-refractivity contribution is 5.74. The number of anilines is 1. The van der Waals surface area contributed by atoms with Gasteiger partial charge in [0.1, 0.15) is 24.0 Å². The van der Waals surface area contributed by atoms with E-state index in [-0.39, 0.29) is 12.2 Å². The van der Waals surface area contributed by atoms with Gasteiger partial charge in [0, 0.05) is 5.56 Å². The Balaban J connectivity index is 1.63. The van der Waals surface area contributed by atoms with Gasteiger partial charge in [-0.2, -0.15) is 13.2 Å². The molecule has 0 saturated carbocycles. The van der Waals surface area contributed by atoms with Crippen molar-refractivity contribution < 1.29 is 26.7 Å². The molecule has 0 aliphatic carbocycles. The molecule has 0 spiro atoms. The average molecular weight is 405 g/mol. The van der Waals surface area contributed by atoms with Crippen molar-refractivity contribution in [1.29, 1.82) is 0 Å². The molecule has 0 unspecified atom stereocenters. The van der Waals surface area contributed by atoms with E-state index in [2.05, 4.69) is 5.32 Å². The van der Waals surface area contributed by atoms with Gasteiger partial charge in [0.05, 0.1) is 17.3 Å². The van der Waals surface area contributed by atoms with Gasteiger partial charge in [0.15, 0.2) is 0 Å². The van der Waals surface area contributed by atoms with Gasteiger partial charge in [-0.25, -0.2) is 8.78 Å². The molecule has 0 radical (unpaired) electrons. The number of rotatable bonds is 2. The van der Waals surface area contributed by atoms with Gasteiger partial charge in [-0.1, -0.05) is 18.2 Å². The smallest absolute Gasteiger partial charge is 0.416 e. The number of benzene rings is 3. The maximum Gasteiger partial charge on any atom is 0.416 e. The number of ether oxygens (including phenoxy) is 1. The van der Waals surface area contributed by atoms with Gasteiger partial charge in [0.2, 0.25) is 0 Å². The standard InChI is InChI=1S/C22H16F5NO/c1-12-9-14(22(25,26)27)6-7-15(12)13-5-8-18-20(10-13)29-11-19(28-18)21-16(23)3-2-4-17(21)24/h2-10,19,28H,11H2,1H3/t19-/m0/s1. The number of hydrogen-bond donors (Lipinski definition) is 1. The Morgan fingerprint density at radius 1 is 0.966 bits per heavy atom. The molecule has 3 aromatic rings. The molecule has 29 heavy (non-hydrogen) atoms. The summed E-state index contributed by atoms with van der Waals surface area (Å²) in [4.78, 5) is 0. The lowest BCUT2D eigenvalue weighted by atomic mass is 9.97. The first-order valence-corrected chi connectivity index (χ1v) is 8.89. The first-order valence-electron chi connectivity index (χ1n) is 8.89. The Morgan fingerprint density at radius 3 is 2.34 bits per heavy atom. The number of fused-ring (bicyclic) bond motifs is 1. The highest BCUT2D eigenvalue weighted by Crippen LogP contribution is 2.39. The summed E-state index contributed by atoms with van der Waals surface area (Å²) in [6.07, 6.45) is -4.40. The topological polar surface area (TPSA) is 21.3 Å². The molecule has 4 rings (SSSR count). The molecule has 0 aromatic heterocycles. The fourth-order valence-corrected chi connectivity index (χ4v) is 3.49. The fraction of sp³-hybridized carbons (Fsp3) is 0.182. The Bertz CT molecular complexity index is 1060. The molecule has 0 fully saturated rings. The second-order valence-electron chi connectivity index (χ2n) is 6.88. The molecule has 0 amide bonds. The van der Waals surface area contributed by atoms with E-state index in [1.807, 2.05) is 0 Å². The molecule has 3 aromatic carbocycles. The van der Waals surface area contributed by atoms with E-state index in [0.29, 0.717) is 28.1 Å². The van der Waals surface area contributed by atoms with Gasteiger partial charge in [-0.15, -0.1) is 0 Å². The third kappa shape index (κ3) is 3.64. The molecular formula is C22H16F5NO. The third-order valence-corrected chi connectivity index (χ3v) is 4.93. The van der Waals surface area contributed by atoms with E-state index in [9.17, 15) is 22.0 Å². The van der Waals surface area contributed by atoms with Crippen LogP contribution in [0, 0.1) is 18.6 Å². The maximum atomic E-state index is 14.0. The van der Waals surface area contributed by atoms with Gasteiger partial charge >= 0.3 is 6.18 Å². The van der Waals surface area contributed by atoms with Crippen LogP contribution in [-0.4, -0.2) is 6.61 Å². The highest BCUT2D eigenvalue weighted by atomic mass is 19.4. The Labute approximate surface area is 163 Å². The molecular weight excluding hydrogens is 389 g/mol. The van der Waals surface area contributed by atoms with Crippen LogP contribution in [0.1, 0.15) is 22.7 Å². The number of hydrogen-bond acceptors (Lipinski definition) is 2. The molecule has 7 heteroatoms. The zero-order valence-electron chi connectivity index (χ0n) is 15.3. The van der Waals surface area contributed by atoms with Gasteiger partial charge in [-0.3, -0.25) is 0 Å². The van der Waals surface area contributed by atoms with E-state index in [1.165, 1.54) is 24.3 Å². The van der Waals surface area contributed by atoms with Crippen molar-refractivity contribution in [1.82, 2.24) is 0 Å². The van der Waals surface area contributed by atoms with Crippen LogP contribution in [0.3, 0.4) is 0 Å². The van der Waals surface area contributed by atoms with Crippen molar-refractivity contribution in [3.8, 4) is 16.9 Å². The van der Waals surface area contributed by atoms with E-state index >= 15 is 0 Å². The summed E-state index contributed by atoms with van der Waals surface area (Å²) < 4.78 is 72.4. The van der Waals surface area contributed by atoms with Crippen LogP contribution in [0.5, 0.6) is 5.75 Å². The average Bonchev–Trinajstić information content (AvgIpc) is 2.66. The molecule has 2 nitrogen and oxygen atoms in total. The minimum atomic E-state index is -4.40. The molecule has 1 aliphatic rings. The minimum absolute atomic E-state index is 0.0142. The van der Waals surface area contributed by atoms with Crippen LogP contribution in [-0.2, 0) is 6.18 Å². The lowest BCUT2D eigenvalue weighted by Crippen LogP contribution is -2.25. The minimum Gasteiger partial charge on any atom is -0.489 e. The maximum absolute atomic E-state index is 14.0. The predicted molar refractivity (Wildman–Crippen MR) is 99.8 cm³/mol. The Hall–Kier alpha value is -3.09. The molecule has 150 valence electrons. The largest absolute Gasteiger partial charge is 0.489 e. The van der Waals surface area contributed by atoms with E-state index in [4.69, 9.17) is 4.74 Å². The SMILES string of the molecule is Cc1cc(C(F)(F)F)ccc1-c1ccc2c(c1)OC[C@@H](c1c(F)cccc1F)N2. The second-order valence-corrected chi connectivity index (χ2v) is 6.88. The number of nitrogens with one attached hydrogen (secondary N) is 1. The van der Waals surface area contributed by atoms with Crippen molar-refractivity contribution in [2.45, 2.75) is 19.1 Å². The van der Waals surface area contributed by atoms with Crippen LogP contribution in [0.4, 0.5) is 27.6 Å².